The fraction of sp³-hybridized carbons (Fsp3) is 0.500. The third kappa shape index (κ3) is 2.52. The van der Waals surface area contributed by atoms with Crippen LogP contribution in [0.4, 0.5) is 0 Å². The highest BCUT2D eigenvalue weighted by Crippen LogP contribution is 2.58. The van der Waals surface area contributed by atoms with Crippen molar-refractivity contribution >= 4 is 11.8 Å². The Labute approximate surface area is 138 Å². The molecule has 0 unspecified atom stereocenters. The molecule has 0 aliphatic heterocycles. The Morgan fingerprint density at radius 3 is 2.09 bits per heavy atom. The summed E-state index contributed by atoms with van der Waals surface area (Å²) in [6.45, 7) is 13.9. The smallest absolute Gasteiger partial charge is 0.343 e. The van der Waals surface area contributed by atoms with Crippen molar-refractivity contribution in [3.63, 3.8) is 0 Å². The number of benzene rings is 1. The van der Waals surface area contributed by atoms with Crippen LogP contribution in [0.2, 0.25) is 0 Å². The fourth-order valence-electron chi connectivity index (χ4n) is 2.99. The lowest BCUT2D eigenvalue weighted by Crippen LogP contribution is -2.53. The lowest BCUT2D eigenvalue weighted by atomic mass is 9.50. The van der Waals surface area contributed by atoms with E-state index in [2.05, 4.69) is 13.8 Å². The van der Waals surface area contributed by atoms with Crippen molar-refractivity contribution < 1.29 is 14.3 Å². The molecule has 0 heterocycles. The van der Waals surface area contributed by atoms with Gasteiger partial charge in [-0.1, -0.05) is 59.7 Å². The van der Waals surface area contributed by atoms with Gasteiger partial charge in [0.1, 0.15) is 5.76 Å². The average Bonchev–Trinajstić information content (AvgIpc) is 2.45. The molecule has 1 aliphatic carbocycles. The Morgan fingerprint density at radius 2 is 1.52 bits per heavy atom. The van der Waals surface area contributed by atoms with Gasteiger partial charge in [-0.3, -0.25) is 4.79 Å². The maximum absolute atomic E-state index is 12.5. The molecule has 0 aromatic heterocycles. The van der Waals surface area contributed by atoms with E-state index in [1.807, 2.05) is 52.8 Å². The first-order valence-corrected chi connectivity index (χ1v) is 7.97. The number of carbonyl (C=O) groups excluding carboxylic acids is 2. The van der Waals surface area contributed by atoms with Crippen LogP contribution >= 0.6 is 0 Å². The summed E-state index contributed by atoms with van der Waals surface area (Å²) >= 11 is 0. The molecule has 3 heteroatoms. The quantitative estimate of drug-likeness (QED) is 0.743. The van der Waals surface area contributed by atoms with Crippen LogP contribution in [0.15, 0.2) is 36.1 Å². The van der Waals surface area contributed by atoms with E-state index in [1.165, 1.54) is 6.08 Å². The zero-order chi connectivity index (χ0) is 17.6. The second-order valence-electron chi connectivity index (χ2n) is 7.95. The van der Waals surface area contributed by atoms with E-state index in [0.29, 0.717) is 11.3 Å². The molecule has 0 fully saturated rings. The van der Waals surface area contributed by atoms with Crippen LogP contribution in [-0.4, -0.2) is 11.8 Å². The van der Waals surface area contributed by atoms with Crippen LogP contribution in [-0.2, 0) is 9.53 Å². The SMILES string of the molecule is Cc1ccccc1C(=O)OC1=CC(=O)C(C)(C)C(C)(C)C1(C)C. The molecule has 0 spiro atoms. The number of hydrogen-bond donors (Lipinski definition) is 0. The zero-order valence-electron chi connectivity index (χ0n) is 15.1. The summed E-state index contributed by atoms with van der Waals surface area (Å²) in [6.07, 6.45) is 1.50. The van der Waals surface area contributed by atoms with E-state index >= 15 is 0 Å². The zero-order valence-corrected chi connectivity index (χ0v) is 15.1. The number of hydrogen-bond acceptors (Lipinski definition) is 3. The van der Waals surface area contributed by atoms with Gasteiger partial charge in [0.05, 0.1) is 5.56 Å². The predicted molar refractivity (Wildman–Crippen MR) is 91.0 cm³/mol. The van der Waals surface area contributed by atoms with Crippen molar-refractivity contribution in [2.75, 3.05) is 0 Å². The Bertz CT molecular complexity index is 691. The van der Waals surface area contributed by atoms with Gasteiger partial charge in [0.15, 0.2) is 5.78 Å². The maximum atomic E-state index is 12.5. The molecule has 0 N–H and O–H groups in total. The summed E-state index contributed by atoms with van der Waals surface area (Å²) in [5.74, 6) is 0.0280. The van der Waals surface area contributed by atoms with Crippen molar-refractivity contribution in [3.05, 3.63) is 47.2 Å². The van der Waals surface area contributed by atoms with E-state index < -0.39 is 16.8 Å². The van der Waals surface area contributed by atoms with Crippen LogP contribution < -0.4 is 0 Å². The topological polar surface area (TPSA) is 43.4 Å². The van der Waals surface area contributed by atoms with Gasteiger partial charge in [-0.2, -0.15) is 0 Å². The van der Waals surface area contributed by atoms with Gasteiger partial charge in [-0.15, -0.1) is 0 Å². The normalized spacial score (nSPS) is 21.5. The maximum Gasteiger partial charge on any atom is 0.343 e. The average molecular weight is 314 g/mol. The van der Waals surface area contributed by atoms with E-state index in [4.69, 9.17) is 4.74 Å². The van der Waals surface area contributed by atoms with Crippen molar-refractivity contribution in [2.24, 2.45) is 16.2 Å². The van der Waals surface area contributed by atoms with E-state index in [9.17, 15) is 9.59 Å². The van der Waals surface area contributed by atoms with Gasteiger partial charge < -0.3 is 4.74 Å². The van der Waals surface area contributed by atoms with Gasteiger partial charge >= 0.3 is 5.97 Å². The summed E-state index contributed by atoms with van der Waals surface area (Å²) < 4.78 is 5.67. The van der Waals surface area contributed by atoms with Crippen LogP contribution in [0.25, 0.3) is 0 Å². The Hall–Kier alpha value is -1.90. The van der Waals surface area contributed by atoms with Crippen LogP contribution in [0.5, 0.6) is 0 Å². The third-order valence-electron chi connectivity index (χ3n) is 6.19. The molecule has 23 heavy (non-hydrogen) atoms. The minimum Gasteiger partial charge on any atom is -0.427 e. The summed E-state index contributed by atoms with van der Waals surface area (Å²) in [7, 11) is 0. The molecule has 0 amide bonds. The molecular formula is C20H26O3. The second-order valence-corrected chi connectivity index (χ2v) is 7.95. The summed E-state index contributed by atoms with van der Waals surface area (Å²) in [5.41, 5.74) is 0.0716. The van der Waals surface area contributed by atoms with Crippen molar-refractivity contribution in [1.29, 1.82) is 0 Å². The monoisotopic (exact) mass is 314 g/mol. The molecule has 3 nitrogen and oxygen atoms in total. The third-order valence-corrected chi connectivity index (χ3v) is 6.19. The van der Waals surface area contributed by atoms with Crippen LogP contribution in [0.1, 0.15) is 57.5 Å². The van der Waals surface area contributed by atoms with Crippen molar-refractivity contribution in [1.82, 2.24) is 0 Å². The lowest BCUT2D eigenvalue weighted by molar-refractivity contribution is -0.137. The van der Waals surface area contributed by atoms with Crippen molar-refractivity contribution in [2.45, 2.75) is 48.5 Å². The number of esters is 1. The molecule has 0 saturated heterocycles. The van der Waals surface area contributed by atoms with E-state index in [0.717, 1.165) is 5.56 Å². The molecule has 0 atom stereocenters. The molecule has 0 saturated carbocycles. The summed E-state index contributed by atoms with van der Waals surface area (Å²) in [6, 6.07) is 7.30. The Balaban J connectivity index is 2.42. The number of ether oxygens (including phenoxy) is 1. The van der Waals surface area contributed by atoms with Gasteiger partial charge in [0.25, 0.3) is 0 Å². The largest absolute Gasteiger partial charge is 0.427 e. The van der Waals surface area contributed by atoms with Gasteiger partial charge in [0, 0.05) is 16.9 Å². The summed E-state index contributed by atoms with van der Waals surface area (Å²) in [4.78, 5) is 25.1. The van der Waals surface area contributed by atoms with E-state index in [1.54, 1.807) is 6.07 Å². The van der Waals surface area contributed by atoms with Gasteiger partial charge in [-0.05, 0) is 24.0 Å². The van der Waals surface area contributed by atoms with Crippen molar-refractivity contribution in [3.8, 4) is 0 Å². The van der Waals surface area contributed by atoms with Crippen LogP contribution in [0, 0.1) is 23.2 Å². The highest BCUT2D eigenvalue weighted by Gasteiger charge is 2.57. The minimum atomic E-state index is -0.519. The first kappa shape index (κ1) is 17.5. The predicted octanol–water partition coefficient (Wildman–Crippen LogP) is 4.70. The fourth-order valence-corrected chi connectivity index (χ4v) is 2.99. The standard InChI is InChI=1S/C20H26O3/c1-13-10-8-9-11-14(13)17(22)23-16-12-15(21)18(2,3)20(6,7)19(16,4)5/h8-12H,1-7H3. The number of allylic oxidation sites excluding steroid dienone is 2. The molecule has 0 radical (unpaired) electrons. The molecule has 1 aliphatic rings. The molecule has 2 rings (SSSR count). The van der Waals surface area contributed by atoms with Crippen LogP contribution in [0.3, 0.4) is 0 Å². The Kier molecular flexibility index (Phi) is 4.04. The number of aryl methyl sites for hydroxylation is 1. The van der Waals surface area contributed by atoms with Gasteiger partial charge in [0.2, 0.25) is 0 Å². The number of rotatable bonds is 2. The molecule has 124 valence electrons. The molecule has 1 aromatic carbocycles. The number of carbonyl (C=O) groups is 2. The molecule has 1 aromatic rings. The summed E-state index contributed by atoms with van der Waals surface area (Å²) in [5, 5.41) is 0. The highest BCUT2D eigenvalue weighted by atomic mass is 16.5. The highest BCUT2D eigenvalue weighted by molar-refractivity contribution is 5.98. The Morgan fingerprint density at radius 1 is 0.957 bits per heavy atom. The van der Waals surface area contributed by atoms with Gasteiger partial charge in [-0.25, -0.2) is 4.79 Å². The second kappa shape index (κ2) is 5.33. The lowest BCUT2D eigenvalue weighted by Gasteiger charge is -2.53. The van der Waals surface area contributed by atoms with E-state index in [-0.39, 0.29) is 11.2 Å². The number of ketones is 1. The molecule has 0 bridgehead atoms. The minimum absolute atomic E-state index is 0.00518. The first-order valence-electron chi connectivity index (χ1n) is 7.97. The molecular weight excluding hydrogens is 288 g/mol. The first-order chi connectivity index (χ1) is 10.4.